The van der Waals surface area contributed by atoms with Crippen LogP contribution < -0.4 is 5.32 Å². The summed E-state index contributed by atoms with van der Waals surface area (Å²) in [5.74, 6) is 0.288. The molecule has 3 nitrogen and oxygen atoms in total. The summed E-state index contributed by atoms with van der Waals surface area (Å²) >= 11 is 0. The van der Waals surface area contributed by atoms with Gasteiger partial charge in [-0.2, -0.15) is 0 Å². The molecule has 0 saturated heterocycles. The number of rotatable bonds is 6. The lowest BCUT2D eigenvalue weighted by Crippen LogP contribution is -2.20. The molecule has 0 bridgehead atoms. The van der Waals surface area contributed by atoms with E-state index in [9.17, 15) is 4.79 Å². The highest BCUT2D eigenvalue weighted by molar-refractivity contribution is 5.80. The first-order valence-corrected chi connectivity index (χ1v) is 5.48. The third-order valence-corrected chi connectivity index (χ3v) is 2.54. The van der Waals surface area contributed by atoms with Crippen LogP contribution in [0.4, 0.5) is 0 Å². The van der Waals surface area contributed by atoms with Crippen LogP contribution in [0.2, 0.25) is 0 Å². The first-order valence-electron chi connectivity index (χ1n) is 5.48. The molecule has 0 aromatic carbocycles. The van der Waals surface area contributed by atoms with Crippen LogP contribution in [0, 0.1) is 0 Å². The molecule has 3 heteroatoms. The molecule has 0 unspecified atom stereocenters. The SMILES string of the molecule is O=C(CCNC1CC1)Cc1cccnc1. The van der Waals surface area contributed by atoms with Gasteiger partial charge in [-0.3, -0.25) is 9.78 Å². The summed E-state index contributed by atoms with van der Waals surface area (Å²) < 4.78 is 0. The van der Waals surface area contributed by atoms with Crippen molar-refractivity contribution in [1.29, 1.82) is 0 Å². The van der Waals surface area contributed by atoms with Crippen molar-refractivity contribution in [2.45, 2.75) is 31.7 Å². The Morgan fingerprint density at radius 3 is 3.07 bits per heavy atom. The van der Waals surface area contributed by atoms with E-state index in [0.717, 1.165) is 12.1 Å². The number of Topliss-reactive ketones (excluding diaryl/α,β-unsaturated/α-hetero) is 1. The second-order valence-corrected chi connectivity index (χ2v) is 4.06. The molecule has 80 valence electrons. The average Bonchev–Trinajstić information content (AvgIpc) is 3.03. The molecule has 1 aliphatic rings. The van der Waals surface area contributed by atoms with Crippen molar-refractivity contribution >= 4 is 5.78 Å². The van der Waals surface area contributed by atoms with Gasteiger partial charge >= 0.3 is 0 Å². The number of carbonyl (C=O) groups excluding carboxylic acids is 1. The number of carbonyl (C=O) groups is 1. The minimum absolute atomic E-state index is 0.288. The predicted molar refractivity (Wildman–Crippen MR) is 58.6 cm³/mol. The fraction of sp³-hybridized carbons (Fsp3) is 0.500. The van der Waals surface area contributed by atoms with Crippen LogP contribution in [-0.4, -0.2) is 23.4 Å². The molecule has 1 heterocycles. The van der Waals surface area contributed by atoms with Gasteiger partial charge in [-0.1, -0.05) is 6.07 Å². The highest BCUT2D eigenvalue weighted by Crippen LogP contribution is 2.18. The highest BCUT2D eigenvalue weighted by atomic mass is 16.1. The normalized spacial score (nSPS) is 15.2. The maximum atomic E-state index is 11.5. The maximum Gasteiger partial charge on any atom is 0.138 e. The standard InChI is InChI=1S/C12H16N2O/c15-12(5-7-14-11-3-4-11)8-10-2-1-6-13-9-10/h1-2,6,9,11,14H,3-5,7-8H2. The second-order valence-electron chi connectivity index (χ2n) is 4.06. The number of nitrogens with zero attached hydrogens (tertiary/aromatic N) is 1. The van der Waals surface area contributed by atoms with Gasteiger partial charge < -0.3 is 5.32 Å². The quantitative estimate of drug-likeness (QED) is 0.760. The molecule has 0 radical (unpaired) electrons. The fourth-order valence-electron chi connectivity index (χ4n) is 1.52. The molecule has 1 aromatic heterocycles. The van der Waals surface area contributed by atoms with Crippen LogP contribution in [0.1, 0.15) is 24.8 Å². The molecule has 0 aliphatic heterocycles. The van der Waals surface area contributed by atoms with Crippen molar-refractivity contribution in [1.82, 2.24) is 10.3 Å². The van der Waals surface area contributed by atoms with Crippen molar-refractivity contribution in [2.24, 2.45) is 0 Å². The zero-order valence-electron chi connectivity index (χ0n) is 8.78. The van der Waals surface area contributed by atoms with Crippen LogP contribution in [0.5, 0.6) is 0 Å². The van der Waals surface area contributed by atoms with E-state index in [1.54, 1.807) is 12.4 Å². The summed E-state index contributed by atoms with van der Waals surface area (Å²) in [4.78, 5) is 15.5. The van der Waals surface area contributed by atoms with Gasteiger partial charge in [-0.05, 0) is 24.5 Å². The van der Waals surface area contributed by atoms with E-state index >= 15 is 0 Å². The fourth-order valence-corrected chi connectivity index (χ4v) is 1.52. The van der Waals surface area contributed by atoms with Crippen molar-refractivity contribution in [3.63, 3.8) is 0 Å². The smallest absolute Gasteiger partial charge is 0.138 e. The lowest BCUT2D eigenvalue weighted by molar-refractivity contribution is -0.118. The van der Waals surface area contributed by atoms with Crippen LogP contribution >= 0.6 is 0 Å². The third-order valence-electron chi connectivity index (χ3n) is 2.54. The van der Waals surface area contributed by atoms with E-state index in [0.29, 0.717) is 18.9 Å². The van der Waals surface area contributed by atoms with E-state index in [2.05, 4.69) is 10.3 Å². The van der Waals surface area contributed by atoms with Crippen molar-refractivity contribution in [3.05, 3.63) is 30.1 Å². The molecule has 1 aromatic rings. The third kappa shape index (κ3) is 3.80. The minimum Gasteiger partial charge on any atom is -0.314 e. The molecule has 2 rings (SSSR count). The second kappa shape index (κ2) is 5.03. The van der Waals surface area contributed by atoms with Gasteiger partial charge in [0.05, 0.1) is 0 Å². The monoisotopic (exact) mass is 204 g/mol. The maximum absolute atomic E-state index is 11.5. The van der Waals surface area contributed by atoms with E-state index in [1.807, 2.05) is 12.1 Å². The molecule has 1 fully saturated rings. The zero-order valence-corrected chi connectivity index (χ0v) is 8.78. The molecular weight excluding hydrogens is 188 g/mol. The lowest BCUT2D eigenvalue weighted by atomic mass is 10.1. The van der Waals surface area contributed by atoms with E-state index < -0.39 is 0 Å². The Labute approximate surface area is 89.9 Å². The Kier molecular flexibility index (Phi) is 3.45. The minimum atomic E-state index is 0.288. The summed E-state index contributed by atoms with van der Waals surface area (Å²) in [7, 11) is 0. The molecule has 0 amide bonds. The van der Waals surface area contributed by atoms with Gasteiger partial charge in [0, 0.05) is 37.8 Å². The number of aromatic nitrogens is 1. The Morgan fingerprint density at radius 2 is 2.40 bits per heavy atom. The van der Waals surface area contributed by atoms with Crippen molar-refractivity contribution in [2.75, 3.05) is 6.54 Å². The van der Waals surface area contributed by atoms with E-state index in [-0.39, 0.29) is 5.78 Å². The highest BCUT2D eigenvalue weighted by Gasteiger charge is 2.19. The molecule has 0 spiro atoms. The van der Waals surface area contributed by atoms with E-state index in [4.69, 9.17) is 0 Å². The van der Waals surface area contributed by atoms with Crippen molar-refractivity contribution in [3.8, 4) is 0 Å². The Morgan fingerprint density at radius 1 is 1.53 bits per heavy atom. The average molecular weight is 204 g/mol. The molecule has 0 atom stereocenters. The van der Waals surface area contributed by atoms with Gasteiger partial charge in [0.25, 0.3) is 0 Å². The topological polar surface area (TPSA) is 42.0 Å². The largest absolute Gasteiger partial charge is 0.314 e. The van der Waals surface area contributed by atoms with Crippen LogP contribution in [0.15, 0.2) is 24.5 Å². The Hall–Kier alpha value is -1.22. The van der Waals surface area contributed by atoms with E-state index in [1.165, 1.54) is 12.8 Å². The van der Waals surface area contributed by atoms with Crippen molar-refractivity contribution < 1.29 is 4.79 Å². The van der Waals surface area contributed by atoms with Gasteiger partial charge in [-0.25, -0.2) is 0 Å². The summed E-state index contributed by atoms with van der Waals surface area (Å²) in [6.45, 7) is 0.823. The number of nitrogens with one attached hydrogen (secondary N) is 1. The van der Waals surface area contributed by atoms with Crippen LogP contribution in [0.25, 0.3) is 0 Å². The first kappa shape index (κ1) is 10.3. The van der Waals surface area contributed by atoms with Gasteiger partial charge in [0.2, 0.25) is 0 Å². The van der Waals surface area contributed by atoms with Gasteiger partial charge in [-0.15, -0.1) is 0 Å². The predicted octanol–water partition coefficient (Wildman–Crippen LogP) is 1.34. The number of pyridine rings is 1. The number of hydrogen-bond donors (Lipinski definition) is 1. The van der Waals surface area contributed by atoms with Crippen LogP contribution in [-0.2, 0) is 11.2 Å². The molecule has 15 heavy (non-hydrogen) atoms. The van der Waals surface area contributed by atoms with Crippen LogP contribution in [0.3, 0.4) is 0 Å². The molecule has 1 aliphatic carbocycles. The first-order chi connectivity index (χ1) is 7.34. The summed E-state index contributed by atoms with van der Waals surface area (Å²) in [6, 6.07) is 4.50. The Balaban J connectivity index is 1.67. The molecule has 1 N–H and O–H groups in total. The molecule has 1 saturated carbocycles. The lowest BCUT2D eigenvalue weighted by Gasteiger charge is -2.02. The van der Waals surface area contributed by atoms with Gasteiger partial charge in [0.1, 0.15) is 5.78 Å². The number of hydrogen-bond acceptors (Lipinski definition) is 3. The zero-order chi connectivity index (χ0) is 10.5. The summed E-state index contributed by atoms with van der Waals surface area (Å²) in [6.07, 6.45) is 7.17. The summed E-state index contributed by atoms with van der Waals surface area (Å²) in [5.41, 5.74) is 1.01. The summed E-state index contributed by atoms with van der Waals surface area (Å²) in [5, 5.41) is 3.34. The number of ketones is 1. The van der Waals surface area contributed by atoms with Gasteiger partial charge in [0.15, 0.2) is 0 Å². The molecular formula is C12H16N2O. The Bertz CT molecular complexity index is 320.